The molecule has 134 valence electrons. The summed E-state index contributed by atoms with van der Waals surface area (Å²) in [5, 5.41) is 7.35. The van der Waals surface area contributed by atoms with E-state index < -0.39 is 0 Å². The fraction of sp³-hybridized carbons (Fsp3) is 0.450. The highest BCUT2D eigenvalue weighted by molar-refractivity contribution is 7.80. The average molecular weight is 359 g/mol. The topological polar surface area (TPSA) is 41.6 Å². The molecule has 0 aliphatic carbocycles. The Labute approximate surface area is 155 Å². The van der Waals surface area contributed by atoms with Crippen molar-refractivity contribution >= 4 is 23.0 Å². The van der Waals surface area contributed by atoms with Crippen molar-refractivity contribution in [2.24, 2.45) is 0 Å². The number of benzene rings is 1. The van der Waals surface area contributed by atoms with Crippen LogP contribution in [-0.2, 0) is 0 Å². The molecule has 0 saturated carbocycles. The molecule has 1 atom stereocenters. The maximum absolute atomic E-state index is 5.70. The van der Waals surface area contributed by atoms with Gasteiger partial charge in [-0.05, 0) is 80.7 Å². The van der Waals surface area contributed by atoms with Crippen molar-refractivity contribution in [3.8, 4) is 0 Å². The fourth-order valence-corrected chi connectivity index (χ4v) is 3.68. The molecule has 1 aliphatic heterocycles. The lowest BCUT2D eigenvalue weighted by Crippen LogP contribution is -3.13. The van der Waals surface area contributed by atoms with Crippen molar-refractivity contribution in [2.75, 3.05) is 25.0 Å². The monoisotopic (exact) mass is 358 g/mol. The molecule has 0 radical (unpaired) electrons. The summed E-state index contributed by atoms with van der Waals surface area (Å²) in [4.78, 5) is 1.59. The number of piperidine rings is 1. The number of aryl methyl sites for hydroxylation is 2. The van der Waals surface area contributed by atoms with Crippen LogP contribution in [0, 0.1) is 13.8 Å². The van der Waals surface area contributed by atoms with Crippen LogP contribution in [0.5, 0.6) is 0 Å². The van der Waals surface area contributed by atoms with Gasteiger partial charge in [-0.3, -0.25) is 0 Å². The molecular formula is C20H28N3OS+. The SMILES string of the molecule is Cc1ccc(NC(=S)NC[C@@H](c2ccco2)[NH+]2CCCCC2)cc1C. The van der Waals surface area contributed by atoms with Gasteiger partial charge in [0.15, 0.2) is 16.9 Å². The summed E-state index contributed by atoms with van der Waals surface area (Å²) in [5.41, 5.74) is 3.58. The summed E-state index contributed by atoms with van der Waals surface area (Å²) in [5.74, 6) is 1.04. The van der Waals surface area contributed by atoms with Crippen LogP contribution in [-0.4, -0.2) is 24.7 Å². The Morgan fingerprint density at radius 2 is 1.96 bits per heavy atom. The van der Waals surface area contributed by atoms with Crippen LogP contribution in [0.25, 0.3) is 0 Å². The van der Waals surface area contributed by atoms with Crippen LogP contribution in [0.15, 0.2) is 41.0 Å². The maximum Gasteiger partial charge on any atom is 0.171 e. The van der Waals surface area contributed by atoms with E-state index in [0.29, 0.717) is 11.2 Å². The molecule has 4 nitrogen and oxygen atoms in total. The smallest absolute Gasteiger partial charge is 0.171 e. The van der Waals surface area contributed by atoms with Crippen LogP contribution in [0.1, 0.15) is 42.2 Å². The van der Waals surface area contributed by atoms with E-state index in [0.717, 1.165) is 18.0 Å². The van der Waals surface area contributed by atoms with Gasteiger partial charge in [-0.2, -0.15) is 0 Å². The van der Waals surface area contributed by atoms with Gasteiger partial charge in [0, 0.05) is 5.69 Å². The highest BCUT2D eigenvalue weighted by Crippen LogP contribution is 2.15. The predicted molar refractivity (Wildman–Crippen MR) is 106 cm³/mol. The number of hydrogen-bond donors (Lipinski definition) is 3. The van der Waals surface area contributed by atoms with E-state index in [1.165, 1.54) is 43.5 Å². The van der Waals surface area contributed by atoms with Gasteiger partial charge in [0.25, 0.3) is 0 Å². The number of rotatable bonds is 5. The average Bonchev–Trinajstić information content (AvgIpc) is 3.14. The number of furan rings is 1. The Hall–Kier alpha value is -1.85. The Bertz CT molecular complexity index is 693. The van der Waals surface area contributed by atoms with E-state index in [-0.39, 0.29) is 0 Å². The first-order valence-electron chi connectivity index (χ1n) is 9.13. The zero-order chi connectivity index (χ0) is 17.6. The molecule has 1 aliphatic rings. The third-order valence-corrected chi connectivity index (χ3v) is 5.35. The lowest BCUT2D eigenvalue weighted by atomic mass is 10.1. The Balaban J connectivity index is 1.60. The summed E-state index contributed by atoms with van der Waals surface area (Å²) in [6.07, 6.45) is 5.68. The van der Waals surface area contributed by atoms with E-state index in [4.69, 9.17) is 16.6 Å². The highest BCUT2D eigenvalue weighted by atomic mass is 32.1. The van der Waals surface area contributed by atoms with Gasteiger partial charge >= 0.3 is 0 Å². The number of anilines is 1. The van der Waals surface area contributed by atoms with Crippen LogP contribution in [0.3, 0.4) is 0 Å². The van der Waals surface area contributed by atoms with E-state index >= 15 is 0 Å². The molecule has 0 unspecified atom stereocenters. The standard InChI is InChI=1S/C20H27N3OS/c1-15-8-9-17(13-16(15)2)22-20(25)21-14-18(19-7-6-12-24-19)23-10-4-3-5-11-23/h6-9,12-13,18H,3-5,10-11,14H2,1-2H3,(H2,21,22,25)/p+1/t18-/m0/s1. The van der Waals surface area contributed by atoms with Crippen molar-refractivity contribution in [1.29, 1.82) is 0 Å². The van der Waals surface area contributed by atoms with Gasteiger partial charge in [0.05, 0.1) is 25.9 Å². The second-order valence-corrected chi connectivity index (χ2v) is 7.33. The van der Waals surface area contributed by atoms with Crippen molar-refractivity contribution in [3.63, 3.8) is 0 Å². The summed E-state index contributed by atoms with van der Waals surface area (Å²) in [6.45, 7) is 7.41. The molecule has 1 aromatic heterocycles. The molecular weight excluding hydrogens is 330 g/mol. The first kappa shape index (κ1) is 18.0. The number of nitrogens with one attached hydrogen (secondary N) is 3. The van der Waals surface area contributed by atoms with Crippen molar-refractivity contribution < 1.29 is 9.32 Å². The van der Waals surface area contributed by atoms with Gasteiger partial charge in [0.1, 0.15) is 0 Å². The van der Waals surface area contributed by atoms with Crippen LogP contribution in [0.2, 0.25) is 0 Å². The molecule has 1 saturated heterocycles. The molecule has 3 rings (SSSR count). The minimum atomic E-state index is 0.301. The lowest BCUT2D eigenvalue weighted by Gasteiger charge is -2.30. The van der Waals surface area contributed by atoms with Crippen LogP contribution < -0.4 is 15.5 Å². The molecule has 0 bridgehead atoms. The second-order valence-electron chi connectivity index (χ2n) is 6.92. The first-order chi connectivity index (χ1) is 12.1. The van der Waals surface area contributed by atoms with Crippen molar-refractivity contribution in [3.05, 3.63) is 53.5 Å². The van der Waals surface area contributed by atoms with Gasteiger partial charge in [-0.25, -0.2) is 0 Å². The number of quaternary nitrogens is 1. The third kappa shape index (κ3) is 4.83. The molecule has 2 aromatic rings. The molecule has 2 heterocycles. The van der Waals surface area contributed by atoms with E-state index in [2.05, 4.69) is 48.7 Å². The molecule has 0 amide bonds. The summed E-state index contributed by atoms with van der Waals surface area (Å²) < 4.78 is 5.70. The molecule has 25 heavy (non-hydrogen) atoms. The minimum Gasteiger partial charge on any atom is -0.463 e. The number of hydrogen-bond acceptors (Lipinski definition) is 2. The predicted octanol–water partition coefficient (Wildman–Crippen LogP) is 2.99. The van der Waals surface area contributed by atoms with E-state index in [1.807, 2.05) is 6.07 Å². The van der Waals surface area contributed by atoms with Crippen LogP contribution in [0.4, 0.5) is 5.69 Å². The Morgan fingerprint density at radius 1 is 1.16 bits per heavy atom. The molecule has 1 aromatic carbocycles. The van der Waals surface area contributed by atoms with Crippen LogP contribution >= 0.6 is 12.2 Å². The first-order valence-corrected chi connectivity index (χ1v) is 9.54. The molecule has 5 heteroatoms. The highest BCUT2D eigenvalue weighted by Gasteiger charge is 2.28. The quantitative estimate of drug-likeness (QED) is 0.719. The number of thiocarbonyl (C=S) groups is 1. The maximum atomic E-state index is 5.70. The summed E-state index contributed by atoms with van der Waals surface area (Å²) in [7, 11) is 0. The fourth-order valence-electron chi connectivity index (χ4n) is 3.48. The summed E-state index contributed by atoms with van der Waals surface area (Å²) in [6, 6.07) is 10.7. The molecule has 1 fully saturated rings. The van der Waals surface area contributed by atoms with Gasteiger partial charge < -0.3 is 20.0 Å². The summed E-state index contributed by atoms with van der Waals surface area (Å²) >= 11 is 5.50. The van der Waals surface area contributed by atoms with E-state index in [9.17, 15) is 0 Å². The number of likely N-dealkylation sites (tertiary alicyclic amines) is 1. The van der Waals surface area contributed by atoms with Crippen molar-refractivity contribution in [1.82, 2.24) is 5.32 Å². The normalized spacial score (nSPS) is 16.4. The van der Waals surface area contributed by atoms with Gasteiger partial charge in [-0.1, -0.05) is 6.07 Å². The largest absolute Gasteiger partial charge is 0.463 e. The molecule has 0 spiro atoms. The lowest BCUT2D eigenvalue weighted by molar-refractivity contribution is -0.936. The Kier molecular flexibility index (Phi) is 6.10. The minimum absolute atomic E-state index is 0.301. The second kappa shape index (κ2) is 8.50. The zero-order valence-corrected chi connectivity index (χ0v) is 15.9. The van der Waals surface area contributed by atoms with Crippen molar-refractivity contribution in [2.45, 2.75) is 39.2 Å². The van der Waals surface area contributed by atoms with Gasteiger partial charge in [-0.15, -0.1) is 0 Å². The third-order valence-electron chi connectivity index (χ3n) is 5.11. The molecule has 3 N–H and O–H groups in total. The van der Waals surface area contributed by atoms with Gasteiger partial charge in [0.2, 0.25) is 0 Å². The zero-order valence-electron chi connectivity index (χ0n) is 15.1. The van der Waals surface area contributed by atoms with E-state index in [1.54, 1.807) is 11.2 Å². The Morgan fingerprint density at radius 3 is 2.64 bits per heavy atom.